The van der Waals surface area contributed by atoms with Crippen molar-refractivity contribution in [3.63, 3.8) is 0 Å². The molecule has 0 fully saturated rings. The zero-order valence-electron chi connectivity index (χ0n) is 14.2. The normalized spacial score (nSPS) is 11.0. The number of benzene rings is 2. The lowest BCUT2D eigenvalue weighted by Gasteiger charge is -2.03. The van der Waals surface area contributed by atoms with Gasteiger partial charge in [-0.15, -0.1) is 11.3 Å². The number of nitro groups is 1. The molecule has 4 rings (SSSR count). The van der Waals surface area contributed by atoms with Gasteiger partial charge >= 0.3 is 0 Å². The summed E-state index contributed by atoms with van der Waals surface area (Å²) < 4.78 is 13.1. The first kappa shape index (κ1) is 18.3. The number of thioether (sulfide) groups is 1. The Morgan fingerprint density at radius 2 is 1.86 bits per heavy atom. The molecule has 0 aliphatic rings. The van der Waals surface area contributed by atoms with Crippen molar-refractivity contribution in [2.75, 3.05) is 0 Å². The molecule has 0 atom stereocenters. The second-order valence-corrected chi connectivity index (χ2v) is 7.74. The summed E-state index contributed by atoms with van der Waals surface area (Å²) in [7, 11) is 0. The molecule has 2 aromatic carbocycles. The molecular formula is C19H12FN3O3S2. The van der Waals surface area contributed by atoms with E-state index in [4.69, 9.17) is 0 Å². The smallest absolute Gasteiger partial charge is 0.269 e. The molecule has 140 valence electrons. The van der Waals surface area contributed by atoms with Crippen LogP contribution in [-0.4, -0.2) is 14.9 Å². The Labute approximate surface area is 166 Å². The number of hydrogen-bond acceptors (Lipinski definition) is 6. The molecule has 0 saturated heterocycles. The van der Waals surface area contributed by atoms with Crippen LogP contribution in [0, 0.1) is 15.9 Å². The fourth-order valence-corrected chi connectivity index (χ4v) is 4.53. The van der Waals surface area contributed by atoms with Crippen LogP contribution < -0.4 is 5.56 Å². The molecule has 1 N–H and O–H groups in total. The number of nitrogens with zero attached hydrogens (tertiary/aromatic N) is 2. The Bertz CT molecular complexity index is 1220. The summed E-state index contributed by atoms with van der Waals surface area (Å²) in [6.07, 6.45) is 0. The van der Waals surface area contributed by atoms with Crippen LogP contribution in [0.5, 0.6) is 0 Å². The van der Waals surface area contributed by atoms with Crippen molar-refractivity contribution in [2.24, 2.45) is 0 Å². The number of non-ortho nitro benzene ring substituents is 1. The van der Waals surface area contributed by atoms with Gasteiger partial charge in [-0.1, -0.05) is 36.0 Å². The second kappa shape index (κ2) is 7.53. The fourth-order valence-electron chi connectivity index (χ4n) is 2.71. The largest absolute Gasteiger partial charge is 0.301 e. The SMILES string of the molecule is O=c1[nH]c(SCc2ccc([N+](=O)[O-])cc2)nc2scc(-c3ccc(F)cc3)c12. The lowest BCUT2D eigenvalue weighted by molar-refractivity contribution is -0.384. The van der Waals surface area contributed by atoms with Gasteiger partial charge in [-0.05, 0) is 23.3 Å². The van der Waals surface area contributed by atoms with Gasteiger partial charge < -0.3 is 4.98 Å². The predicted molar refractivity (Wildman–Crippen MR) is 108 cm³/mol. The van der Waals surface area contributed by atoms with Crippen LogP contribution in [0.15, 0.2) is 63.9 Å². The number of thiophene rings is 1. The highest BCUT2D eigenvalue weighted by molar-refractivity contribution is 7.98. The average Bonchev–Trinajstić information content (AvgIpc) is 3.12. The van der Waals surface area contributed by atoms with E-state index in [0.29, 0.717) is 21.1 Å². The molecule has 0 unspecified atom stereocenters. The standard InChI is InChI=1S/C19H12FN3O3S2/c20-13-5-3-12(4-6-13)15-10-27-18-16(15)17(24)21-19(22-18)28-9-11-1-7-14(8-2-11)23(25)26/h1-8,10H,9H2,(H,21,22,24). The van der Waals surface area contributed by atoms with E-state index in [-0.39, 0.29) is 17.1 Å². The van der Waals surface area contributed by atoms with Crippen molar-refractivity contribution in [3.8, 4) is 11.1 Å². The number of halogens is 1. The van der Waals surface area contributed by atoms with Crippen LogP contribution in [0.4, 0.5) is 10.1 Å². The molecule has 0 bridgehead atoms. The Morgan fingerprint density at radius 1 is 1.14 bits per heavy atom. The molecule has 0 radical (unpaired) electrons. The monoisotopic (exact) mass is 413 g/mol. The van der Waals surface area contributed by atoms with Crippen LogP contribution in [0.3, 0.4) is 0 Å². The Morgan fingerprint density at radius 3 is 2.54 bits per heavy atom. The van der Waals surface area contributed by atoms with E-state index in [9.17, 15) is 19.3 Å². The van der Waals surface area contributed by atoms with E-state index in [0.717, 1.165) is 16.7 Å². The Hall–Kier alpha value is -3.04. The first-order chi connectivity index (χ1) is 13.5. The summed E-state index contributed by atoms with van der Waals surface area (Å²) in [5.41, 5.74) is 2.15. The molecule has 0 aliphatic heterocycles. The van der Waals surface area contributed by atoms with Crippen LogP contribution in [0.2, 0.25) is 0 Å². The van der Waals surface area contributed by atoms with Gasteiger partial charge in [0.1, 0.15) is 10.6 Å². The van der Waals surface area contributed by atoms with Gasteiger partial charge in [0, 0.05) is 28.8 Å². The minimum atomic E-state index is -0.445. The van der Waals surface area contributed by atoms with E-state index in [1.807, 2.05) is 5.38 Å². The van der Waals surface area contributed by atoms with Gasteiger partial charge in [-0.3, -0.25) is 14.9 Å². The Balaban J connectivity index is 1.59. The third-order valence-electron chi connectivity index (χ3n) is 4.10. The van der Waals surface area contributed by atoms with E-state index < -0.39 is 4.92 Å². The zero-order chi connectivity index (χ0) is 19.7. The number of nitro benzene ring substituents is 1. The molecule has 0 spiro atoms. The maximum absolute atomic E-state index is 13.1. The van der Waals surface area contributed by atoms with Gasteiger partial charge in [0.25, 0.3) is 11.2 Å². The maximum atomic E-state index is 13.1. The minimum Gasteiger partial charge on any atom is -0.301 e. The van der Waals surface area contributed by atoms with Crippen molar-refractivity contribution >= 4 is 39.0 Å². The van der Waals surface area contributed by atoms with Gasteiger partial charge in [-0.2, -0.15) is 0 Å². The lowest BCUT2D eigenvalue weighted by atomic mass is 10.1. The molecule has 28 heavy (non-hydrogen) atoms. The van der Waals surface area contributed by atoms with Gasteiger partial charge in [0.2, 0.25) is 0 Å². The second-order valence-electron chi connectivity index (χ2n) is 5.92. The topological polar surface area (TPSA) is 88.9 Å². The summed E-state index contributed by atoms with van der Waals surface area (Å²) >= 11 is 2.70. The number of fused-ring (bicyclic) bond motifs is 1. The van der Waals surface area contributed by atoms with Crippen LogP contribution >= 0.6 is 23.1 Å². The molecular weight excluding hydrogens is 401 g/mol. The molecule has 2 heterocycles. The summed E-state index contributed by atoms with van der Waals surface area (Å²) in [5.74, 6) is 0.183. The van der Waals surface area contributed by atoms with Crippen molar-refractivity contribution in [1.29, 1.82) is 0 Å². The summed E-state index contributed by atoms with van der Waals surface area (Å²) in [6, 6.07) is 12.2. The first-order valence-corrected chi connectivity index (χ1v) is 10.0. The molecule has 0 aliphatic carbocycles. The number of aromatic nitrogens is 2. The van der Waals surface area contributed by atoms with Crippen molar-refractivity contribution in [1.82, 2.24) is 9.97 Å². The maximum Gasteiger partial charge on any atom is 0.269 e. The summed E-state index contributed by atoms with van der Waals surface area (Å²) in [5, 5.41) is 13.5. The molecule has 4 aromatic rings. The molecule has 0 amide bonds. The molecule has 6 nitrogen and oxygen atoms in total. The number of nitrogens with one attached hydrogen (secondary N) is 1. The van der Waals surface area contributed by atoms with E-state index in [2.05, 4.69) is 9.97 Å². The highest BCUT2D eigenvalue weighted by Gasteiger charge is 2.13. The highest BCUT2D eigenvalue weighted by atomic mass is 32.2. The average molecular weight is 413 g/mol. The first-order valence-electron chi connectivity index (χ1n) is 8.15. The lowest BCUT2D eigenvalue weighted by Crippen LogP contribution is -2.08. The summed E-state index contributed by atoms with van der Waals surface area (Å²) in [4.78, 5) is 30.8. The van der Waals surface area contributed by atoms with Crippen LogP contribution in [0.25, 0.3) is 21.3 Å². The number of H-pyrrole nitrogens is 1. The van der Waals surface area contributed by atoms with E-state index >= 15 is 0 Å². The summed E-state index contributed by atoms with van der Waals surface area (Å²) in [6.45, 7) is 0. The van der Waals surface area contributed by atoms with Gasteiger partial charge in [0.05, 0.1) is 10.3 Å². The molecule has 2 aromatic heterocycles. The number of hydrogen-bond donors (Lipinski definition) is 1. The van der Waals surface area contributed by atoms with Crippen molar-refractivity contribution < 1.29 is 9.31 Å². The van der Waals surface area contributed by atoms with E-state index in [1.165, 1.54) is 47.4 Å². The van der Waals surface area contributed by atoms with E-state index in [1.54, 1.807) is 24.3 Å². The van der Waals surface area contributed by atoms with Crippen LogP contribution in [0.1, 0.15) is 5.56 Å². The highest BCUT2D eigenvalue weighted by Crippen LogP contribution is 2.32. The third kappa shape index (κ3) is 3.67. The number of rotatable bonds is 5. The van der Waals surface area contributed by atoms with Gasteiger partial charge in [0.15, 0.2) is 5.16 Å². The predicted octanol–water partition coefficient (Wildman–Crippen LogP) is 4.99. The number of aromatic amines is 1. The fraction of sp³-hybridized carbons (Fsp3) is 0.0526. The van der Waals surface area contributed by atoms with Gasteiger partial charge in [-0.25, -0.2) is 9.37 Å². The minimum absolute atomic E-state index is 0.0357. The van der Waals surface area contributed by atoms with Crippen molar-refractivity contribution in [2.45, 2.75) is 10.9 Å². The van der Waals surface area contributed by atoms with Crippen molar-refractivity contribution in [3.05, 3.63) is 85.8 Å². The third-order valence-corrected chi connectivity index (χ3v) is 5.92. The van der Waals surface area contributed by atoms with Crippen LogP contribution in [-0.2, 0) is 5.75 Å². The quantitative estimate of drug-likeness (QED) is 0.215. The molecule has 0 saturated carbocycles. The zero-order valence-corrected chi connectivity index (χ0v) is 15.8. The Kier molecular flexibility index (Phi) is 4.93. The molecule has 9 heteroatoms.